The highest BCUT2D eigenvalue weighted by Gasteiger charge is 2.28. The van der Waals surface area contributed by atoms with Crippen LogP contribution in [0.4, 0.5) is 5.69 Å². The Morgan fingerprint density at radius 3 is 2.56 bits per heavy atom. The Hall–Kier alpha value is -2.33. The summed E-state index contributed by atoms with van der Waals surface area (Å²) in [5.41, 5.74) is 2.21. The van der Waals surface area contributed by atoms with Crippen molar-refractivity contribution < 1.29 is 9.53 Å². The van der Waals surface area contributed by atoms with E-state index >= 15 is 0 Å². The van der Waals surface area contributed by atoms with E-state index in [1.807, 2.05) is 37.4 Å². The molecule has 0 aliphatic carbocycles. The largest absolute Gasteiger partial charge is 0.497 e. The molecule has 1 aliphatic rings. The lowest BCUT2D eigenvalue weighted by Gasteiger charge is -2.34. The van der Waals surface area contributed by atoms with Crippen LogP contribution >= 0.6 is 0 Å². The van der Waals surface area contributed by atoms with Gasteiger partial charge in [-0.3, -0.25) is 9.69 Å². The third-order valence-corrected chi connectivity index (χ3v) is 4.89. The average Bonchev–Trinajstić information content (AvgIpc) is 2.68. The first-order valence-corrected chi connectivity index (χ1v) is 8.85. The standard InChI is InChI=1S/C21H26N2O2/c1-22(19-10-12-20(25-2)13-11-19)21(24)18-9-6-14-23(16-18)15-17-7-4-3-5-8-17/h3-5,7-8,10-13,18H,6,9,14-16H2,1-2H3. The van der Waals surface area contributed by atoms with Gasteiger partial charge in [-0.1, -0.05) is 30.3 Å². The van der Waals surface area contributed by atoms with E-state index in [-0.39, 0.29) is 11.8 Å². The van der Waals surface area contributed by atoms with Crippen molar-refractivity contribution in [2.24, 2.45) is 5.92 Å². The number of hydrogen-bond acceptors (Lipinski definition) is 3. The summed E-state index contributed by atoms with van der Waals surface area (Å²) < 4.78 is 5.19. The van der Waals surface area contributed by atoms with Crippen molar-refractivity contribution in [3.8, 4) is 5.75 Å². The number of carbonyl (C=O) groups is 1. The van der Waals surface area contributed by atoms with Crippen molar-refractivity contribution in [3.63, 3.8) is 0 Å². The van der Waals surface area contributed by atoms with Gasteiger partial charge in [-0.05, 0) is 49.2 Å². The summed E-state index contributed by atoms with van der Waals surface area (Å²) in [6, 6.07) is 18.1. The monoisotopic (exact) mass is 338 g/mol. The molecule has 132 valence electrons. The molecular formula is C21H26N2O2. The summed E-state index contributed by atoms with van der Waals surface area (Å²) in [7, 11) is 3.51. The minimum atomic E-state index is 0.0598. The van der Waals surface area contributed by atoms with Crippen molar-refractivity contribution >= 4 is 11.6 Å². The molecule has 2 aromatic rings. The van der Waals surface area contributed by atoms with Crippen LogP contribution in [0.2, 0.25) is 0 Å². The van der Waals surface area contributed by atoms with Gasteiger partial charge in [-0.2, -0.15) is 0 Å². The lowest BCUT2D eigenvalue weighted by Crippen LogP contribution is -2.43. The number of amides is 1. The number of benzene rings is 2. The fourth-order valence-corrected chi connectivity index (χ4v) is 3.45. The van der Waals surface area contributed by atoms with Gasteiger partial charge in [0.15, 0.2) is 0 Å². The highest BCUT2D eigenvalue weighted by molar-refractivity contribution is 5.94. The number of anilines is 1. The van der Waals surface area contributed by atoms with Crippen LogP contribution in [0.15, 0.2) is 54.6 Å². The van der Waals surface area contributed by atoms with Gasteiger partial charge in [0.25, 0.3) is 0 Å². The normalized spacial score (nSPS) is 17.9. The SMILES string of the molecule is COc1ccc(N(C)C(=O)C2CCCN(Cc3ccccc3)C2)cc1. The highest BCUT2D eigenvalue weighted by atomic mass is 16.5. The van der Waals surface area contributed by atoms with E-state index in [1.54, 1.807) is 12.0 Å². The fourth-order valence-electron chi connectivity index (χ4n) is 3.45. The summed E-state index contributed by atoms with van der Waals surface area (Å²) in [5.74, 6) is 1.06. The van der Waals surface area contributed by atoms with Gasteiger partial charge >= 0.3 is 0 Å². The maximum atomic E-state index is 12.9. The Morgan fingerprint density at radius 2 is 1.88 bits per heavy atom. The predicted octanol–water partition coefficient (Wildman–Crippen LogP) is 3.57. The quantitative estimate of drug-likeness (QED) is 0.835. The lowest BCUT2D eigenvalue weighted by atomic mass is 9.96. The van der Waals surface area contributed by atoms with Gasteiger partial charge in [0.05, 0.1) is 13.0 Å². The fraction of sp³-hybridized carbons (Fsp3) is 0.381. The van der Waals surface area contributed by atoms with Crippen LogP contribution in [0.1, 0.15) is 18.4 Å². The molecule has 1 heterocycles. The highest BCUT2D eigenvalue weighted by Crippen LogP contribution is 2.24. The Kier molecular flexibility index (Phi) is 5.71. The molecule has 1 saturated heterocycles. The second-order valence-corrected chi connectivity index (χ2v) is 6.66. The van der Waals surface area contributed by atoms with E-state index in [1.165, 1.54) is 5.56 Å². The molecule has 1 fully saturated rings. The molecule has 4 heteroatoms. The molecule has 0 N–H and O–H groups in total. The molecule has 0 aromatic heterocycles. The molecule has 0 bridgehead atoms. The molecule has 1 aliphatic heterocycles. The van der Waals surface area contributed by atoms with Crippen LogP contribution in [0.3, 0.4) is 0 Å². The Balaban J connectivity index is 1.62. The molecule has 0 spiro atoms. The van der Waals surface area contributed by atoms with Crippen LogP contribution in [0.5, 0.6) is 5.75 Å². The van der Waals surface area contributed by atoms with Gasteiger partial charge in [0.2, 0.25) is 5.91 Å². The molecule has 0 saturated carbocycles. The Labute approximate surface area is 150 Å². The zero-order chi connectivity index (χ0) is 17.6. The van der Waals surface area contributed by atoms with E-state index in [4.69, 9.17) is 4.74 Å². The Morgan fingerprint density at radius 1 is 1.16 bits per heavy atom. The molecule has 1 amide bonds. The lowest BCUT2D eigenvalue weighted by molar-refractivity contribution is -0.123. The van der Waals surface area contributed by atoms with Crippen LogP contribution < -0.4 is 9.64 Å². The van der Waals surface area contributed by atoms with Crippen molar-refractivity contribution in [1.29, 1.82) is 0 Å². The number of ether oxygens (including phenoxy) is 1. The molecule has 4 nitrogen and oxygen atoms in total. The first-order valence-electron chi connectivity index (χ1n) is 8.85. The topological polar surface area (TPSA) is 32.8 Å². The zero-order valence-electron chi connectivity index (χ0n) is 15.0. The number of nitrogens with zero attached hydrogens (tertiary/aromatic N) is 2. The number of rotatable bonds is 5. The molecular weight excluding hydrogens is 312 g/mol. The van der Waals surface area contributed by atoms with Crippen molar-refractivity contribution in [1.82, 2.24) is 4.90 Å². The number of likely N-dealkylation sites (tertiary alicyclic amines) is 1. The second-order valence-electron chi connectivity index (χ2n) is 6.66. The molecule has 0 radical (unpaired) electrons. The smallest absolute Gasteiger partial charge is 0.231 e. The number of methoxy groups -OCH3 is 1. The molecule has 1 atom stereocenters. The van der Waals surface area contributed by atoms with E-state index < -0.39 is 0 Å². The molecule has 3 rings (SSSR count). The average molecular weight is 338 g/mol. The summed E-state index contributed by atoms with van der Waals surface area (Å²) in [6.45, 7) is 2.80. The summed E-state index contributed by atoms with van der Waals surface area (Å²) >= 11 is 0. The van der Waals surface area contributed by atoms with Gasteiger partial charge < -0.3 is 9.64 Å². The first-order chi connectivity index (χ1) is 12.2. The van der Waals surface area contributed by atoms with Crippen LogP contribution in [0.25, 0.3) is 0 Å². The van der Waals surface area contributed by atoms with Crippen molar-refractivity contribution in [2.45, 2.75) is 19.4 Å². The third-order valence-electron chi connectivity index (χ3n) is 4.89. The van der Waals surface area contributed by atoms with Crippen LogP contribution in [-0.2, 0) is 11.3 Å². The molecule has 1 unspecified atom stereocenters. The number of carbonyl (C=O) groups excluding carboxylic acids is 1. The number of hydrogen-bond donors (Lipinski definition) is 0. The van der Waals surface area contributed by atoms with E-state index in [2.05, 4.69) is 29.2 Å². The number of piperidine rings is 1. The van der Waals surface area contributed by atoms with Crippen molar-refractivity contribution in [2.75, 3.05) is 32.1 Å². The molecule has 25 heavy (non-hydrogen) atoms. The van der Waals surface area contributed by atoms with Crippen molar-refractivity contribution in [3.05, 3.63) is 60.2 Å². The van der Waals surface area contributed by atoms with E-state index in [0.29, 0.717) is 0 Å². The van der Waals surface area contributed by atoms with Gasteiger partial charge in [-0.25, -0.2) is 0 Å². The summed E-state index contributed by atoms with van der Waals surface area (Å²) in [5, 5.41) is 0. The van der Waals surface area contributed by atoms with E-state index in [0.717, 1.165) is 43.9 Å². The minimum absolute atomic E-state index is 0.0598. The second kappa shape index (κ2) is 8.17. The summed E-state index contributed by atoms with van der Waals surface area (Å²) in [6.07, 6.45) is 2.03. The maximum Gasteiger partial charge on any atom is 0.231 e. The zero-order valence-corrected chi connectivity index (χ0v) is 15.0. The van der Waals surface area contributed by atoms with Gasteiger partial charge in [0, 0.05) is 25.8 Å². The first kappa shape index (κ1) is 17.5. The van der Waals surface area contributed by atoms with Crippen LogP contribution in [0, 0.1) is 5.92 Å². The molecule has 2 aromatic carbocycles. The predicted molar refractivity (Wildman–Crippen MR) is 101 cm³/mol. The minimum Gasteiger partial charge on any atom is -0.497 e. The Bertz CT molecular complexity index is 685. The van der Waals surface area contributed by atoms with Gasteiger partial charge in [-0.15, -0.1) is 0 Å². The third kappa shape index (κ3) is 4.40. The maximum absolute atomic E-state index is 12.9. The summed E-state index contributed by atoms with van der Waals surface area (Å²) in [4.78, 5) is 17.1. The van der Waals surface area contributed by atoms with Crippen LogP contribution in [-0.4, -0.2) is 38.1 Å². The van der Waals surface area contributed by atoms with E-state index in [9.17, 15) is 4.79 Å². The van der Waals surface area contributed by atoms with Gasteiger partial charge in [0.1, 0.15) is 5.75 Å².